The molecule has 0 atom stereocenters. The van der Waals surface area contributed by atoms with Gasteiger partial charge in [0, 0.05) is 12.6 Å². The maximum atomic E-state index is 6.44. The van der Waals surface area contributed by atoms with Crippen LogP contribution in [0.1, 0.15) is 30.9 Å². The minimum absolute atomic E-state index is 0.330. The Labute approximate surface area is 163 Å². The van der Waals surface area contributed by atoms with Gasteiger partial charge in [0.15, 0.2) is 11.5 Å². The summed E-state index contributed by atoms with van der Waals surface area (Å²) in [6.07, 6.45) is 2.49. The predicted molar refractivity (Wildman–Crippen MR) is 103 cm³/mol. The first-order chi connectivity index (χ1) is 12.1. The first kappa shape index (κ1) is 18.7. The lowest BCUT2D eigenvalue weighted by atomic mass is 10.2. The number of nitrogens with one attached hydrogen (secondary N) is 1. The van der Waals surface area contributed by atoms with Gasteiger partial charge in [-0.05, 0) is 55.2 Å². The normalized spacial score (nSPS) is 13.8. The van der Waals surface area contributed by atoms with Gasteiger partial charge >= 0.3 is 0 Å². The van der Waals surface area contributed by atoms with Crippen molar-refractivity contribution in [1.82, 2.24) is 5.32 Å². The van der Waals surface area contributed by atoms with Crippen LogP contribution < -0.4 is 14.8 Å². The summed E-state index contributed by atoms with van der Waals surface area (Å²) in [5, 5.41) is 5.04. The van der Waals surface area contributed by atoms with Crippen molar-refractivity contribution in [3.05, 3.63) is 56.5 Å². The van der Waals surface area contributed by atoms with Gasteiger partial charge in [-0.1, -0.05) is 40.9 Å². The van der Waals surface area contributed by atoms with E-state index in [1.54, 1.807) is 12.1 Å². The quantitative estimate of drug-likeness (QED) is 0.600. The first-order valence-corrected chi connectivity index (χ1v) is 9.45. The van der Waals surface area contributed by atoms with E-state index in [2.05, 4.69) is 5.32 Å². The molecule has 0 unspecified atom stereocenters. The number of ether oxygens (including phenoxy) is 2. The molecule has 25 heavy (non-hydrogen) atoms. The number of halogens is 3. The van der Waals surface area contributed by atoms with Crippen LogP contribution in [0, 0.1) is 0 Å². The summed E-state index contributed by atoms with van der Waals surface area (Å²) >= 11 is 18.4. The Morgan fingerprint density at radius 1 is 0.960 bits per heavy atom. The van der Waals surface area contributed by atoms with Crippen LogP contribution in [0.3, 0.4) is 0 Å². The van der Waals surface area contributed by atoms with E-state index in [0.29, 0.717) is 45.8 Å². The van der Waals surface area contributed by atoms with Crippen LogP contribution in [0.15, 0.2) is 30.3 Å². The zero-order chi connectivity index (χ0) is 17.8. The van der Waals surface area contributed by atoms with Crippen molar-refractivity contribution >= 4 is 34.8 Å². The van der Waals surface area contributed by atoms with Gasteiger partial charge in [0.05, 0.1) is 21.7 Å². The summed E-state index contributed by atoms with van der Waals surface area (Å²) in [6, 6.07) is 9.95. The molecular formula is C19H20Cl3NO2. The van der Waals surface area contributed by atoms with Gasteiger partial charge < -0.3 is 14.8 Å². The zero-order valence-electron chi connectivity index (χ0n) is 14.0. The van der Waals surface area contributed by atoms with E-state index < -0.39 is 0 Å². The molecule has 6 heteroatoms. The second-order valence-electron chi connectivity index (χ2n) is 6.03. The van der Waals surface area contributed by atoms with Gasteiger partial charge in [-0.25, -0.2) is 0 Å². The maximum Gasteiger partial charge on any atom is 0.180 e. The fraction of sp³-hybridized carbons (Fsp3) is 0.368. The van der Waals surface area contributed by atoms with Gasteiger partial charge in [-0.15, -0.1) is 0 Å². The van der Waals surface area contributed by atoms with Gasteiger partial charge in [-0.2, -0.15) is 0 Å². The lowest BCUT2D eigenvalue weighted by Crippen LogP contribution is -2.15. The molecule has 1 N–H and O–H groups in total. The summed E-state index contributed by atoms with van der Waals surface area (Å²) in [5.41, 5.74) is 2.00. The molecule has 0 amide bonds. The molecule has 0 radical (unpaired) electrons. The summed E-state index contributed by atoms with van der Waals surface area (Å²) in [4.78, 5) is 0. The second-order valence-corrected chi connectivity index (χ2v) is 7.25. The highest BCUT2D eigenvalue weighted by atomic mass is 35.5. The largest absolute Gasteiger partial charge is 0.490 e. The molecule has 2 aromatic rings. The molecule has 1 saturated carbocycles. The average molecular weight is 401 g/mol. The van der Waals surface area contributed by atoms with Crippen molar-refractivity contribution in [2.45, 2.75) is 39.0 Å². The molecule has 0 heterocycles. The zero-order valence-corrected chi connectivity index (χ0v) is 16.2. The summed E-state index contributed by atoms with van der Waals surface area (Å²) < 4.78 is 11.6. The standard InChI is InChI=1S/C19H20Cl3NO2/c1-2-24-18-9-13(10-23-14-4-5-14)8-17(22)19(18)25-11-12-3-6-15(20)16(21)7-12/h3,6-9,14,23H,2,4-5,10-11H2,1H3. The highest BCUT2D eigenvalue weighted by Crippen LogP contribution is 2.37. The molecular weight excluding hydrogens is 381 g/mol. The SMILES string of the molecule is CCOc1cc(CNC2CC2)cc(Cl)c1OCc1ccc(Cl)c(Cl)c1. The average Bonchev–Trinajstić information content (AvgIpc) is 3.40. The summed E-state index contributed by atoms with van der Waals surface area (Å²) in [6.45, 7) is 3.58. The Morgan fingerprint density at radius 2 is 1.72 bits per heavy atom. The van der Waals surface area contributed by atoms with Crippen molar-refractivity contribution in [2.75, 3.05) is 6.61 Å². The van der Waals surface area contributed by atoms with Gasteiger partial charge in [-0.3, -0.25) is 0 Å². The molecule has 1 aliphatic rings. The van der Waals surface area contributed by atoms with Gasteiger partial charge in [0.25, 0.3) is 0 Å². The number of hydrogen-bond donors (Lipinski definition) is 1. The van der Waals surface area contributed by atoms with Crippen LogP contribution >= 0.6 is 34.8 Å². The molecule has 0 spiro atoms. The van der Waals surface area contributed by atoms with E-state index >= 15 is 0 Å². The lowest BCUT2D eigenvalue weighted by molar-refractivity contribution is 0.269. The molecule has 3 nitrogen and oxygen atoms in total. The third kappa shape index (κ3) is 5.18. The molecule has 0 aliphatic heterocycles. The first-order valence-electron chi connectivity index (χ1n) is 8.32. The topological polar surface area (TPSA) is 30.5 Å². The fourth-order valence-electron chi connectivity index (χ4n) is 2.46. The Hall–Kier alpha value is -1.13. The Kier molecular flexibility index (Phi) is 6.34. The van der Waals surface area contributed by atoms with Crippen molar-refractivity contribution in [3.63, 3.8) is 0 Å². The lowest BCUT2D eigenvalue weighted by Gasteiger charge is -2.16. The maximum absolute atomic E-state index is 6.44. The number of hydrogen-bond acceptors (Lipinski definition) is 3. The summed E-state index contributed by atoms with van der Waals surface area (Å²) in [7, 11) is 0. The molecule has 134 valence electrons. The van der Waals surface area contributed by atoms with E-state index in [1.807, 2.05) is 25.1 Å². The van der Waals surface area contributed by atoms with Gasteiger partial charge in [0.2, 0.25) is 0 Å². The van der Waals surface area contributed by atoms with Crippen LogP contribution in [-0.2, 0) is 13.2 Å². The van der Waals surface area contributed by atoms with Crippen LogP contribution in [0.2, 0.25) is 15.1 Å². The minimum Gasteiger partial charge on any atom is -0.490 e. The van der Waals surface area contributed by atoms with Crippen LogP contribution in [0.25, 0.3) is 0 Å². The van der Waals surface area contributed by atoms with E-state index in [0.717, 1.165) is 17.7 Å². The second kappa shape index (κ2) is 8.50. The van der Waals surface area contributed by atoms with Crippen LogP contribution in [0.5, 0.6) is 11.5 Å². The van der Waals surface area contributed by atoms with Gasteiger partial charge in [0.1, 0.15) is 6.61 Å². The highest BCUT2D eigenvalue weighted by Gasteiger charge is 2.21. The number of benzene rings is 2. The van der Waals surface area contributed by atoms with Crippen molar-refractivity contribution in [2.24, 2.45) is 0 Å². The Morgan fingerprint density at radius 3 is 2.40 bits per heavy atom. The smallest absolute Gasteiger partial charge is 0.180 e. The number of rotatable bonds is 8. The minimum atomic E-state index is 0.330. The Bertz CT molecular complexity index is 748. The predicted octanol–water partition coefficient (Wildman–Crippen LogP) is 5.88. The monoisotopic (exact) mass is 399 g/mol. The van der Waals surface area contributed by atoms with Crippen molar-refractivity contribution < 1.29 is 9.47 Å². The van der Waals surface area contributed by atoms with Crippen molar-refractivity contribution in [3.8, 4) is 11.5 Å². The van der Waals surface area contributed by atoms with Crippen molar-refractivity contribution in [1.29, 1.82) is 0 Å². The highest BCUT2D eigenvalue weighted by molar-refractivity contribution is 6.42. The van der Waals surface area contributed by atoms with Crippen LogP contribution in [-0.4, -0.2) is 12.6 Å². The molecule has 1 aliphatic carbocycles. The molecule has 0 bridgehead atoms. The fourth-order valence-corrected chi connectivity index (χ4v) is 3.07. The van der Waals surface area contributed by atoms with E-state index in [9.17, 15) is 0 Å². The van der Waals surface area contributed by atoms with E-state index in [1.165, 1.54) is 12.8 Å². The molecule has 0 aromatic heterocycles. The molecule has 1 fully saturated rings. The molecule has 0 saturated heterocycles. The van der Waals surface area contributed by atoms with E-state index in [-0.39, 0.29) is 0 Å². The molecule has 2 aromatic carbocycles. The Balaban J connectivity index is 1.74. The third-order valence-electron chi connectivity index (χ3n) is 3.91. The third-order valence-corrected chi connectivity index (χ3v) is 4.93. The van der Waals surface area contributed by atoms with Crippen LogP contribution in [0.4, 0.5) is 0 Å². The van der Waals surface area contributed by atoms with E-state index in [4.69, 9.17) is 44.3 Å². The molecule has 3 rings (SSSR count). The summed E-state index contributed by atoms with van der Waals surface area (Å²) in [5.74, 6) is 1.20.